The molecule has 0 aromatic heterocycles. The highest BCUT2D eigenvalue weighted by Gasteiger charge is 2.69. The third kappa shape index (κ3) is 0.692. The first kappa shape index (κ1) is 7.10. The van der Waals surface area contributed by atoms with E-state index in [1.807, 2.05) is 0 Å². The molecule has 1 aliphatic carbocycles. The molecule has 0 amide bonds. The van der Waals surface area contributed by atoms with Crippen LogP contribution in [0, 0.1) is 17.3 Å². The highest BCUT2D eigenvalue weighted by atomic mass is 16.4. The van der Waals surface area contributed by atoms with Crippen molar-refractivity contribution in [2.24, 2.45) is 17.3 Å². The molecule has 3 atom stereocenters. The second-order valence-electron chi connectivity index (χ2n) is 3.64. The quantitative estimate of drug-likeness (QED) is 0.603. The molecule has 0 aromatic carbocycles. The lowest BCUT2D eigenvalue weighted by Gasteiger charge is -2.08. The molecule has 2 N–H and O–H groups in total. The Morgan fingerprint density at radius 2 is 2.55 bits per heavy atom. The van der Waals surface area contributed by atoms with Crippen molar-refractivity contribution in [2.75, 3.05) is 13.1 Å². The van der Waals surface area contributed by atoms with Gasteiger partial charge in [-0.3, -0.25) is 4.79 Å². The largest absolute Gasteiger partial charge is 0.481 e. The zero-order chi connectivity index (χ0) is 8.06. The van der Waals surface area contributed by atoms with Gasteiger partial charge in [0, 0.05) is 12.0 Å². The zero-order valence-electron chi connectivity index (χ0n) is 6.63. The van der Waals surface area contributed by atoms with Crippen molar-refractivity contribution in [1.29, 1.82) is 0 Å². The van der Waals surface area contributed by atoms with Crippen LogP contribution in [-0.4, -0.2) is 24.2 Å². The van der Waals surface area contributed by atoms with E-state index in [0.717, 1.165) is 19.5 Å². The highest BCUT2D eigenvalue weighted by Crippen LogP contribution is 2.62. The van der Waals surface area contributed by atoms with E-state index in [1.54, 1.807) is 0 Å². The van der Waals surface area contributed by atoms with E-state index in [9.17, 15) is 4.79 Å². The average molecular weight is 155 g/mol. The number of rotatable bonds is 2. The molecule has 0 spiro atoms. The molecule has 2 fully saturated rings. The van der Waals surface area contributed by atoms with Crippen LogP contribution in [0.5, 0.6) is 0 Å². The molecule has 62 valence electrons. The fourth-order valence-electron chi connectivity index (χ4n) is 2.63. The fourth-order valence-corrected chi connectivity index (χ4v) is 2.63. The molecule has 2 aliphatic rings. The van der Waals surface area contributed by atoms with Gasteiger partial charge in [-0.1, -0.05) is 6.92 Å². The number of carboxylic acids is 1. The summed E-state index contributed by atoms with van der Waals surface area (Å²) < 4.78 is 0. The fraction of sp³-hybridized carbons (Fsp3) is 0.875. The van der Waals surface area contributed by atoms with E-state index in [4.69, 9.17) is 5.11 Å². The van der Waals surface area contributed by atoms with Crippen molar-refractivity contribution in [3.05, 3.63) is 0 Å². The number of hydrogen-bond donors (Lipinski definition) is 2. The molecule has 0 radical (unpaired) electrons. The number of fused-ring (bicyclic) bond motifs is 1. The summed E-state index contributed by atoms with van der Waals surface area (Å²) in [5.74, 6) is -0.225. The van der Waals surface area contributed by atoms with Crippen LogP contribution in [0.2, 0.25) is 0 Å². The molecule has 1 heterocycles. The highest BCUT2D eigenvalue weighted by molar-refractivity contribution is 5.76. The average Bonchev–Trinajstić information content (AvgIpc) is 2.44. The van der Waals surface area contributed by atoms with Gasteiger partial charge in [-0.15, -0.1) is 0 Å². The second kappa shape index (κ2) is 1.97. The van der Waals surface area contributed by atoms with Crippen molar-refractivity contribution in [2.45, 2.75) is 13.3 Å². The van der Waals surface area contributed by atoms with Gasteiger partial charge in [0.05, 0.1) is 5.92 Å². The first-order valence-electron chi connectivity index (χ1n) is 4.16. The SMILES string of the molecule is CC[C@@]12CNC[C@H]1[C@H]2C(=O)O. The molecular weight excluding hydrogens is 142 g/mol. The van der Waals surface area contributed by atoms with Gasteiger partial charge in [-0.05, 0) is 18.9 Å². The van der Waals surface area contributed by atoms with Gasteiger partial charge in [-0.2, -0.15) is 0 Å². The zero-order valence-corrected chi connectivity index (χ0v) is 6.63. The van der Waals surface area contributed by atoms with Crippen LogP contribution in [0.3, 0.4) is 0 Å². The molecule has 2 rings (SSSR count). The van der Waals surface area contributed by atoms with Crippen LogP contribution in [0.25, 0.3) is 0 Å². The number of aliphatic carboxylic acids is 1. The summed E-state index contributed by atoms with van der Waals surface area (Å²) in [7, 11) is 0. The Labute approximate surface area is 65.8 Å². The summed E-state index contributed by atoms with van der Waals surface area (Å²) in [4.78, 5) is 10.7. The van der Waals surface area contributed by atoms with E-state index in [1.165, 1.54) is 0 Å². The summed E-state index contributed by atoms with van der Waals surface area (Å²) in [5, 5.41) is 12.1. The maximum Gasteiger partial charge on any atom is 0.307 e. The smallest absolute Gasteiger partial charge is 0.307 e. The standard InChI is InChI=1S/C8H13NO2/c1-2-8-4-9-3-5(8)6(8)7(10)11/h5-6,9H,2-4H2,1H3,(H,10,11)/t5-,6-,8+/m0/s1. The molecule has 1 aliphatic heterocycles. The minimum absolute atomic E-state index is 0.0475. The predicted molar refractivity (Wildman–Crippen MR) is 40.2 cm³/mol. The molecule has 3 heteroatoms. The first-order chi connectivity index (χ1) is 5.22. The van der Waals surface area contributed by atoms with Crippen LogP contribution >= 0.6 is 0 Å². The summed E-state index contributed by atoms with van der Waals surface area (Å²) in [6.07, 6.45) is 1.00. The lowest BCUT2D eigenvalue weighted by atomic mass is 10.0. The Balaban J connectivity index is 2.15. The maximum absolute atomic E-state index is 10.7. The third-order valence-electron chi connectivity index (χ3n) is 3.39. The number of carbonyl (C=O) groups is 1. The van der Waals surface area contributed by atoms with E-state index >= 15 is 0 Å². The molecule has 0 bridgehead atoms. The van der Waals surface area contributed by atoms with Gasteiger partial charge in [0.25, 0.3) is 0 Å². The first-order valence-corrected chi connectivity index (χ1v) is 4.16. The molecule has 3 nitrogen and oxygen atoms in total. The normalized spacial score (nSPS) is 47.0. The van der Waals surface area contributed by atoms with Gasteiger partial charge in [-0.25, -0.2) is 0 Å². The van der Waals surface area contributed by atoms with Gasteiger partial charge < -0.3 is 10.4 Å². The van der Waals surface area contributed by atoms with E-state index in [-0.39, 0.29) is 11.3 Å². The Morgan fingerprint density at radius 1 is 1.82 bits per heavy atom. The van der Waals surface area contributed by atoms with Crippen molar-refractivity contribution < 1.29 is 9.90 Å². The minimum atomic E-state index is -0.599. The second-order valence-corrected chi connectivity index (χ2v) is 3.64. The monoisotopic (exact) mass is 155 g/mol. The van der Waals surface area contributed by atoms with Crippen molar-refractivity contribution in [3.8, 4) is 0 Å². The summed E-state index contributed by atoms with van der Waals surface area (Å²) in [5.41, 5.74) is 0.131. The topological polar surface area (TPSA) is 49.3 Å². The minimum Gasteiger partial charge on any atom is -0.481 e. The predicted octanol–water partition coefficient (Wildman–Crippen LogP) is 0.317. The van der Waals surface area contributed by atoms with Crippen molar-refractivity contribution in [1.82, 2.24) is 5.32 Å². The molecular formula is C8H13NO2. The summed E-state index contributed by atoms with van der Waals surface area (Å²) >= 11 is 0. The molecule has 1 saturated carbocycles. The molecule has 1 saturated heterocycles. The lowest BCUT2D eigenvalue weighted by Crippen LogP contribution is -2.23. The van der Waals surface area contributed by atoms with Gasteiger partial charge >= 0.3 is 5.97 Å². The Bertz CT molecular complexity index is 204. The van der Waals surface area contributed by atoms with Crippen molar-refractivity contribution in [3.63, 3.8) is 0 Å². The van der Waals surface area contributed by atoms with E-state index in [0.29, 0.717) is 5.92 Å². The lowest BCUT2D eigenvalue weighted by molar-refractivity contribution is -0.139. The molecule has 0 unspecified atom stereocenters. The van der Waals surface area contributed by atoms with Gasteiger partial charge in [0.1, 0.15) is 0 Å². The van der Waals surface area contributed by atoms with Crippen LogP contribution in [0.4, 0.5) is 0 Å². The van der Waals surface area contributed by atoms with Gasteiger partial charge in [0.2, 0.25) is 0 Å². The van der Waals surface area contributed by atoms with Crippen LogP contribution in [0.1, 0.15) is 13.3 Å². The summed E-state index contributed by atoms with van der Waals surface area (Å²) in [6.45, 7) is 3.90. The Morgan fingerprint density at radius 3 is 2.91 bits per heavy atom. The van der Waals surface area contributed by atoms with Crippen LogP contribution in [0.15, 0.2) is 0 Å². The number of piperidine rings is 1. The van der Waals surface area contributed by atoms with Crippen LogP contribution in [-0.2, 0) is 4.79 Å². The summed E-state index contributed by atoms with van der Waals surface area (Å²) in [6, 6.07) is 0. The van der Waals surface area contributed by atoms with Crippen LogP contribution < -0.4 is 5.32 Å². The number of carboxylic acid groups (broad SMARTS) is 1. The number of hydrogen-bond acceptors (Lipinski definition) is 2. The Kier molecular flexibility index (Phi) is 1.27. The third-order valence-corrected chi connectivity index (χ3v) is 3.39. The molecule has 11 heavy (non-hydrogen) atoms. The Hall–Kier alpha value is -0.570. The van der Waals surface area contributed by atoms with Crippen molar-refractivity contribution >= 4 is 5.97 Å². The van der Waals surface area contributed by atoms with E-state index in [2.05, 4.69) is 12.2 Å². The molecule has 0 aromatic rings. The van der Waals surface area contributed by atoms with Gasteiger partial charge in [0.15, 0.2) is 0 Å². The number of nitrogens with one attached hydrogen (secondary N) is 1. The van der Waals surface area contributed by atoms with E-state index < -0.39 is 5.97 Å². The maximum atomic E-state index is 10.7.